The lowest BCUT2D eigenvalue weighted by Crippen LogP contribution is -2.32. The second-order valence-corrected chi connectivity index (χ2v) is 4.99. The topological polar surface area (TPSA) is 40.5 Å². The fraction of sp³-hybridized carbons (Fsp3) is 0.312. The van der Waals surface area contributed by atoms with Crippen LogP contribution in [0.3, 0.4) is 0 Å². The van der Waals surface area contributed by atoms with Crippen LogP contribution in [0.5, 0.6) is 5.75 Å². The molecule has 2 rings (SSSR count). The largest absolute Gasteiger partial charge is 0.506 e. The van der Waals surface area contributed by atoms with E-state index in [0.717, 1.165) is 11.8 Å². The minimum absolute atomic E-state index is 0.0532. The van der Waals surface area contributed by atoms with Gasteiger partial charge in [0.1, 0.15) is 5.75 Å². The Morgan fingerprint density at radius 2 is 2.00 bits per heavy atom. The molecule has 0 saturated heterocycles. The van der Waals surface area contributed by atoms with Crippen molar-refractivity contribution < 1.29 is 9.90 Å². The zero-order valence-corrected chi connectivity index (χ0v) is 12.2. The Morgan fingerprint density at radius 1 is 1.25 bits per heavy atom. The van der Waals surface area contributed by atoms with Gasteiger partial charge in [-0.2, -0.15) is 0 Å². The van der Waals surface area contributed by atoms with Crippen molar-refractivity contribution in [2.45, 2.75) is 13.3 Å². The number of rotatable bonds is 5. The smallest absolute Gasteiger partial charge is 0.257 e. The van der Waals surface area contributed by atoms with Gasteiger partial charge in [0.05, 0.1) is 5.56 Å². The molecule has 0 radical (unpaired) electrons. The monoisotopic (exact) mass is 291 g/mol. The first kappa shape index (κ1) is 14.7. The molecule has 3 nitrogen and oxygen atoms in total. The number of fused-ring (bicyclic) bond motifs is 1. The number of phenolic OH excluding ortho intramolecular Hbond substituents is 1. The molecule has 0 aliphatic rings. The highest BCUT2D eigenvalue weighted by molar-refractivity contribution is 6.17. The molecule has 2 aromatic carbocycles. The van der Waals surface area contributed by atoms with Crippen LogP contribution in [0.2, 0.25) is 0 Å². The molecular formula is C16H18ClNO2. The quantitative estimate of drug-likeness (QED) is 0.855. The van der Waals surface area contributed by atoms with Crippen LogP contribution >= 0.6 is 11.6 Å². The maximum atomic E-state index is 12.5. The third kappa shape index (κ3) is 2.88. The standard InChI is InChI=1S/C16H18ClNO2/c1-2-18(11-5-10-17)16(20)14-9-8-12-6-3-4-7-13(12)15(14)19/h3-4,6-9,19H,2,5,10-11H2,1H3. The zero-order chi connectivity index (χ0) is 14.5. The fourth-order valence-electron chi connectivity index (χ4n) is 2.25. The number of nitrogens with zero attached hydrogens (tertiary/aromatic N) is 1. The van der Waals surface area contributed by atoms with E-state index in [9.17, 15) is 9.90 Å². The lowest BCUT2D eigenvalue weighted by molar-refractivity contribution is 0.0762. The molecule has 0 fully saturated rings. The third-order valence-corrected chi connectivity index (χ3v) is 3.63. The molecule has 0 aromatic heterocycles. The second-order valence-electron chi connectivity index (χ2n) is 4.61. The molecule has 0 unspecified atom stereocenters. The van der Waals surface area contributed by atoms with E-state index in [1.807, 2.05) is 37.3 Å². The predicted molar refractivity (Wildman–Crippen MR) is 82.5 cm³/mol. The number of aromatic hydroxyl groups is 1. The van der Waals surface area contributed by atoms with Crippen molar-refractivity contribution in [3.05, 3.63) is 42.0 Å². The van der Waals surface area contributed by atoms with Gasteiger partial charge in [-0.25, -0.2) is 0 Å². The number of phenols is 1. The van der Waals surface area contributed by atoms with Crippen LogP contribution in [0.4, 0.5) is 0 Å². The van der Waals surface area contributed by atoms with Gasteiger partial charge in [-0.05, 0) is 24.8 Å². The molecule has 4 heteroatoms. The number of hydrogen-bond donors (Lipinski definition) is 1. The van der Waals surface area contributed by atoms with E-state index in [2.05, 4.69) is 0 Å². The van der Waals surface area contributed by atoms with Gasteiger partial charge in [-0.15, -0.1) is 11.6 Å². The molecule has 2 aromatic rings. The lowest BCUT2D eigenvalue weighted by Gasteiger charge is -2.21. The second kappa shape index (κ2) is 6.62. The van der Waals surface area contributed by atoms with Gasteiger partial charge < -0.3 is 10.0 Å². The highest BCUT2D eigenvalue weighted by atomic mass is 35.5. The summed E-state index contributed by atoms with van der Waals surface area (Å²) in [6.07, 6.45) is 0.746. The van der Waals surface area contributed by atoms with E-state index >= 15 is 0 Å². The molecule has 20 heavy (non-hydrogen) atoms. The van der Waals surface area contributed by atoms with E-state index in [1.54, 1.807) is 11.0 Å². The van der Waals surface area contributed by atoms with Crippen LogP contribution in [0.15, 0.2) is 36.4 Å². The molecule has 1 N–H and O–H groups in total. The van der Waals surface area contributed by atoms with Crippen molar-refractivity contribution in [1.29, 1.82) is 0 Å². The fourth-order valence-corrected chi connectivity index (χ4v) is 2.37. The van der Waals surface area contributed by atoms with Gasteiger partial charge in [0, 0.05) is 24.4 Å². The van der Waals surface area contributed by atoms with Gasteiger partial charge in [0.25, 0.3) is 5.91 Å². The number of amides is 1. The van der Waals surface area contributed by atoms with Crippen molar-refractivity contribution in [2.75, 3.05) is 19.0 Å². The van der Waals surface area contributed by atoms with Crippen molar-refractivity contribution in [3.8, 4) is 5.75 Å². The van der Waals surface area contributed by atoms with Crippen LogP contribution in [-0.2, 0) is 0 Å². The molecular weight excluding hydrogens is 274 g/mol. The number of hydrogen-bond acceptors (Lipinski definition) is 2. The number of halogens is 1. The van der Waals surface area contributed by atoms with E-state index in [0.29, 0.717) is 29.9 Å². The number of carbonyl (C=O) groups is 1. The molecule has 0 spiro atoms. The van der Waals surface area contributed by atoms with E-state index in [1.165, 1.54) is 0 Å². The molecule has 106 valence electrons. The minimum atomic E-state index is -0.152. The summed E-state index contributed by atoms with van der Waals surface area (Å²) >= 11 is 5.68. The molecule has 0 aliphatic carbocycles. The van der Waals surface area contributed by atoms with Crippen LogP contribution in [0.1, 0.15) is 23.7 Å². The van der Waals surface area contributed by atoms with Gasteiger partial charge in [-0.3, -0.25) is 4.79 Å². The van der Waals surface area contributed by atoms with Gasteiger partial charge >= 0.3 is 0 Å². The Kier molecular flexibility index (Phi) is 4.85. The normalized spacial score (nSPS) is 10.7. The zero-order valence-electron chi connectivity index (χ0n) is 11.5. The Labute approximate surface area is 123 Å². The van der Waals surface area contributed by atoms with Crippen molar-refractivity contribution in [1.82, 2.24) is 4.90 Å². The Bertz CT molecular complexity index is 612. The lowest BCUT2D eigenvalue weighted by atomic mass is 10.0. The van der Waals surface area contributed by atoms with Crippen LogP contribution < -0.4 is 0 Å². The Morgan fingerprint density at radius 3 is 2.70 bits per heavy atom. The average molecular weight is 292 g/mol. The maximum Gasteiger partial charge on any atom is 0.257 e. The van der Waals surface area contributed by atoms with E-state index < -0.39 is 0 Å². The SMILES string of the molecule is CCN(CCCCl)C(=O)c1ccc2ccccc2c1O. The molecule has 0 bridgehead atoms. The highest BCUT2D eigenvalue weighted by Crippen LogP contribution is 2.29. The summed E-state index contributed by atoms with van der Waals surface area (Å²) in [5.41, 5.74) is 0.347. The molecule has 0 saturated carbocycles. The Hall–Kier alpha value is -1.74. The summed E-state index contributed by atoms with van der Waals surface area (Å²) in [5.74, 6) is 0.423. The summed E-state index contributed by atoms with van der Waals surface area (Å²) in [4.78, 5) is 14.2. The predicted octanol–water partition coefficient (Wildman–Crippen LogP) is 3.64. The number of alkyl halides is 1. The first-order valence-corrected chi connectivity index (χ1v) is 7.28. The third-order valence-electron chi connectivity index (χ3n) is 3.36. The molecule has 0 aliphatic heterocycles. The van der Waals surface area contributed by atoms with Crippen LogP contribution in [0.25, 0.3) is 10.8 Å². The molecule has 0 heterocycles. The highest BCUT2D eigenvalue weighted by Gasteiger charge is 2.18. The van der Waals surface area contributed by atoms with Crippen LogP contribution in [-0.4, -0.2) is 34.9 Å². The summed E-state index contributed by atoms with van der Waals surface area (Å²) in [5, 5.41) is 11.9. The van der Waals surface area contributed by atoms with Crippen molar-refractivity contribution in [2.24, 2.45) is 0 Å². The summed E-state index contributed by atoms with van der Waals surface area (Å²) in [6.45, 7) is 3.12. The van der Waals surface area contributed by atoms with Crippen molar-refractivity contribution >= 4 is 28.3 Å². The molecule has 0 atom stereocenters. The number of benzene rings is 2. The van der Waals surface area contributed by atoms with Crippen LogP contribution in [0, 0.1) is 0 Å². The van der Waals surface area contributed by atoms with Gasteiger partial charge in [-0.1, -0.05) is 30.3 Å². The van der Waals surface area contributed by atoms with E-state index in [-0.39, 0.29) is 11.7 Å². The average Bonchev–Trinajstić information content (AvgIpc) is 2.48. The minimum Gasteiger partial charge on any atom is -0.506 e. The first-order chi connectivity index (χ1) is 9.69. The summed E-state index contributed by atoms with van der Waals surface area (Å²) < 4.78 is 0. The van der Waals surface area contributed by atoms with E-state index in [4.69, 9.17) is 11.6 Å². The van der Waals surface area contributed by atoms with Gasteiger partial charge in [0.2, 0.25) is 0 Å². The van der Waals surface area contributed by atoms with Crippen molar-refractivity contribution in [3.63, 3.8) is 0 Å². The summed E-state index contributed by atoms with van der Waals surface area (Å²) in [6, 6.07) is 11.0. The Balaban J connectivity index is 2.36. The van der Waals surface area contributed by atoms with Gasteiger partial charge in [0.15, 0.2) is 0 Å². The first-order valence-electron chi connectivity index (χ1n) is 6.75. The maximum absolute atomic E-state index is 12.5. The summed E-state index contributed by atoms with van der Waals surface area (Å²) in [7, 11) is 0. The number of carbonyl (C=O) groups excluding carboxylic acids is 1. The molecule has 1 amide bonds.